The van der Waals surface area contributed by atoms with E-state index in [4.69, 9.17) is 5.11 Å². The lowest BCUT2D eigenvalue weighted by Gasteiger charge is -2.22. The first-order valence-corrected chi connectivity index (χ1v) is 7.25. The summed E-state index contributed by atoms with van der Waals surface area (Å²) in [5.74, 6) is 5.22. The minimum Gasteiger partial charge on any atom is -0.384 e. The standard InChI is InChI=1S/C15H19NO2S/c1-15(2,19-3)11-16-14(18)13-9-5-4-7-12(13)8-6-10-17/h4-5,7,9,17H,10-11H2,1-3H3,(H,16,18). The second kappa shape index (κ2) is 7.22. The van der Waals surface area contributed by atoms with Crippen LogP contribution >= 0.6 is 11.8 Å². The fraction of sp³-hybridized carbons (Fsp3) is 0.400. The summed E-state index contributed by atoms with van der Waals surface area (Å²) in [6, 6.07) is 7.14. The summed E-state index contributed by atoms with van der Waals surface area (Å²) in [7, 11) is 0. The van der Waals surface area contributed by atoms with Crippen LogP contribution in [-0.2, 0) is 0 Å². The number of hydrogen-bond donors (Lipinski definition) is 2. The Labute approximate surface area is 118 Å². The highest BCUT2D eigenvalue weighted by atomic mass is 32.2. The summed E-state index contributed by atoms with van der Waals surface area (Å²) in [6.07, 6.45) is 2.02. The maximum absolute atomic E-state index is 12.1. The fourth-order valence-electron chi connectivity index (χ4n) is 1.39. The lowest BCUT2D eigenvalue weighted by molar-refractivity contribution is 0.0950. The maximum atomic E-state index is 12.1. The Morgan fingerprint density at radius 1 is 1.42 bits per heavy atom. The molecule has 0 fully saturated rings. The molecule has 0 saturated heterocycles. The minimum absolute atomic E-state index is 0.00137. The van der Waals surface area contributed by atoms with E-state index in [-0.39, 0.29) is 17.3 Å². The molecule has 0 spiro atoms. The summed E-state index contributed by atoms with van der Waals surface area (Å²) in [5, 5.41) is 11.6. The van der Waals surface area contributed by atoms with Gasteiger partial charge in [-0.2, -0.15) is 11.8 Å². The van der Waals surface area contributed by atoms with Crippen LogP contribution in [0, 0.1) is 11.8 Å². The molecule has 1 amide bonds. The fourth-order valence-corrected chi connectivity index (χ4v) is 1.60. The van der Waals surface area contributed by atoms with Gasteiger partial charge in [-0.15, -0.1) is 0 Å². The van der Waals surface area contributed by atoms with Crippen molar-refractivity contribution in [3.8, 4) is 11.8 Å². The first-order chi connectivity index (χ1) is 9.00. The zero-order valence-corrected chi connectivity index (χ0v) is 12.3. The number of benzene rings is 1. The highest BCUT2D eigenvalue weighted by Crippen LogP contribution is 2.19. The number of nitrogens with one attached hydrogen (secondary N) is 1. The van der Waals surface area contributed by atoms with Crippen molar-refractivity contribution < 1.29 is 9.90 Å². The molecule has 1 aromatic carbocycles. The quantitative estimate of drug-likeness (QED) is 0.827. The molecule has 3 nitrogen and oxygen atoms in total. The minimum atomic E-state index is -0.213. The number of carbonyl (C=O) groups excluding carboxylic acids is 1. The van der Waals surface area contributed by atoms with E-state index >= 15 is 0 Å². The summed E-state index contributed by atoms with van der Waals surface area (Å²) >= 11 is 1.71. The van der Waals surface area contributed by atoms with Gasteiger partial charge >= 0.3 is 0 Å². The number of rotatable bonds is 4. The van der Waals surface area contributed by atoms with Gasteiger partial charge in [-0.05, 0) is 32.2 Å². The molecular weight excluding hydrogens is 258 g/mol. The Morgan fingerprint density at radius 2 is 2.11 bits per heavy atom. The van der Waals surface area contributed by atoms with Crippen LogP contribution in [-0.4, -0.2) is 35.2 Å². The molecule has 0 atom stereocenters. The van der Waals surface area contributed by atoms with Gasteiger partial charge in [0.1, 0.15) is 6.61 Å². The first kappa shape index (κ1) is 15.6. The molecule has 4 heteroatoms. The number of amides is 1. The van der Waals surface area contributed by atoms with Crippen LogP contribution in [0.15, 0.2) is 24.3 Å². The Kier molecular flexibility index (Phi) is 5.94. The lowest BCUT2D eigenvalue weighted by atomic mass is 10.1. The molecule has 102 valence electrons. The van der Waals surface area contributed by atoms with Crippen LogP contribution in [0.3, 0.4) is 0 Å². The van der Waals surface area contributed by atoms with Gasteiger partial charge in [0.25, 0.3) is 5.91 Å². The average Bonchev–Trinajstić information content (AvgIpc) is 2.43. The Morgan fingerprint density at radius 3 is 2.74 bits per heavy atom. The zero-order chi connectivity index (χ0) is 14.3. The van der Waals surface area contributed by atoms with Crippen LogP contribution in [0.5, 0.6) is 0 Å². The second-order valence-electron chi connectivity index (χ2n) is 4.65. The van der Waals surface area contributed by atoms with Crippen molar-refractivity contribution in [1.82, 2.24) is 5.32 Å². The van der Waals surface area contributed by atoms with E-state index in [9.17, 15) is 4.79 Å². The van der Waals surface area contributed by atoms with Gasteiger partial charge in [-0.25, -0.2) is 0 Å². The molecule has 0 aliphatic rings. The lowest BCUT2D eigenvalue weighted by Crippen LogP contribution is -2.36. The van der Waals surface area contributed by atoms with E-state index in [1.165, 1.54) is 0 Å². The van der Waals surface area contributed by atoms with Crippen molar-refractivity contribution in [2.75, 3.05) is 19.4 Å². The Hall–Kier alpha value is -1.44. The van der Waals surface area contributed by atoms with Crippen LogP contribution in [0.4, 0.5) is 0 Å². The molecule has 0 saturated carbocycles. The van der Waals surface area contributed by atoms with Crippen molar-refractivity contribution in [1.29, 1.82) is 0 Å². The summed E-state index contributed by atoms with van der Waals surface area (Å²) < 4.78 is 0.00137. The second-order valence-corrected chi connectivity index (χ2v) is 6.17. The van der Waals surface area contributed by atoms with Crippen LogP contribution < -0.4 is 5.32 Å². The smallest absolute Gasteiger partial charge is 0.252 e. The van der Waals surface area contributed by atoms with Crippen LogP contribution in [0.25, 0.3) is 0 Å². The summed E-state index contributed by atoms with van der Waals surface area (Å²) in [4.78, 5) is 12.1. The van der Waals surface area contributed by atoms with Crippen molar-refractivity contribution in [3.63, 3.8) is 0 Å². The monoisotopic (exact) mass is 277 g/mol. The van der Waals surface area contributed by atoms with Gasteiger partial charge in [0, 0.05) is 16.9 Å². The molecule has 0 aliphatic carbocycles. The van der Waals surface area contributed by atoms with E-state index in [0.717, 1.165) is 0 Å². The SMILES string of the molecule is CSC(C)(C)CNC(=O)c1ccccc1C#CCO. The molecule has 1 rings (SSSR count). The van der Waals surface area contributed by atoms with Gasteiger partial charge in [0.15, 0.2) is 0 Å². The summed E-state index contributed by atoms with van der Waals surface area (Å²) in [5.41, 5.74) is 1.18. The van der Waals surface area contributed by atoms with Gasteiger partial charge in [-0.1, -0.05) is 24.0 Å². The van der Waals surface area contributed by atoms with E-state index in [2.05, 4.69) is 31.0 Å². The average molecular weight is 277 g/mol. The molecular formula is C15H19NO2S. The van der Waals surface area contributed by atoms with Crippen LogP contribution in [0.2, 0.25) is 0 Å². The molecule has 2 N–H and O–H groups in total. The molecule has 0 unspecified atom stereocenters. The molecule has 0 aromatic heterocycles. The van der Waals surface area contributed by atoms with E-state index in [1.54, 1.807) is 30.0 Å². The van der Waals surface area contributed by atoms with E-state index < -0.39 is 0 Å². The van der Waals surface area contributed by atoms with Crippen molar-refractivity contribution in [2.45, 2.75) is 18.6 Å². The Balaban J connectivity index is 2.83. The highest BCUT2D eigenvalue weighted by Gasteiger charge is 2.18. The van der Waals surface area contributed by atoms with Gasteiger partial charge in [0.2, 0.25) is 0 Å². The van der Waals surface area contributed by atoms with Crippen molar-refractivity contribution in [3.05, 3.63) is 35.4 Å². The topological polar surface area (TPSA) is 49.3 Å². The number of carbonyl (C=O) groups is 1. The zero-order valence-electron chi connectivity index (χ0n) is 11.5. The third kappa shape index (κ3) is 4.98. The molecule has 0 bridgehead atoms. The van der Waals surface area contributed by atoms with E-state index in [1.807, 2.05) is 12.3 Å². The molecule has 19 heavy (non-hydrogen) atoms. The van der Waals surface area contributed by atoms with Crippen molar-refractivity contribution in [2.24, 2.45) is 0 Å². The third-order valence-electron chi connectivity index (χ3n) is 2.70. The van der Waals surface area contributed by atoms with E-state index in [0.29, 0.717) is 17.7 Å². The molecule has 1 aromatic rings. The number of aliphatic hydroxyl groups excluding tert-OH is 1. The number of aliphatic hydroxyl groups is 1. The predicted molar refractivity (Wildman–Crippen MR) is 80.3 cm³/mol. The first-order valence-electron chi connectivity index (χ1n) is 6.02. The Bertz CT molecular complexity index is 500. The van der Waals surface area contributed by atoms with Gasteiger partial charge < -0.3 is 10.4 Å². The molecule has 0 aliphatic heterocycles. The normalized spacial score (nSPS) is 10.5. The van der Waals surface area contributed by atoms with Gasteiger partial charge in [0.05, 0.1) is 5.56 Å². The highest BCUT2D eigenvalue weighted by molar-refractivity contribution is 7.99. The number of thioether (sulfide) groups is 1. The van der Waals surface area contributed by atoms with Gasteiger partial charge in [-0.3, -0.25) is 4.79 Å². The number of hydrogen-bond acceptors (Lipinski definition) is 3. The van der Waals surface area contributed by atoms with Crippen molar-refractivity contribution >= 4 is 17.7 Å². The summed E-state index contributed by atoms with van der Waals surface area (Å²) in [6.45, 7) is 4.54. The third-order valence-corrected chi connectivity index (χ3v) is 3.95. The maximum Gasteiger partial charge on any atom is 0.252 e. The predicted octanol–water partition coefficient (Wildman–Crippen LogP) is 1.90. The molecule has 0 heterocycles. The van der Waals surface area contributed by atoms with Crippen LogP contribution in [0.1, 0.15) is 29.8 Å². The molecule has 0 radical (unpaired) electrons. The largest absolute Gasteiger partial charge is 0.384 e.